The van der Waals surface area contributed by atoms with E-state index in [-0.39, 0.29) is 6.03 Å². The molecule has 0 aliphatic rings. The number of urea groups is 1. The largest absolute Gasteiger partial charge is 0.497 e. The number of hydrogen-bond donors (Lipinski definition) is 2. The van der Waals surface area contributed by atoms with Crippen LogP contribution in [0.5, 0.6) is 11.5 Å². The van der Waals surface area contributed by atoms with Gasteiger partial charge >= 0.3 is 6.03 Å². The maximum atomic E-state index is 12.2. The number of ether oxygens (including phenoxy) is 2. The van der Waals surface area contributed by atoms with Gasteiger partial charge in [0.25, 0.3) is 0 Å². The van der Waals surface area contributed by atoms with E-state index >= 15 is 0 Å². The molecule has 7 heteroatoms. The molecule has 0 saturated carbocycles. The fourth-order valence-corrected chi connectivity index (χ4v) is 2.52. The number of carbonyl (C=O) groups excluding carboxylic acids is 1. The second-order valence-corrected chi connectivity index (χ2v) is 5.66. The van der Waals surface area contributed by atoms with Gasteiger partial charge in [0.1, 0.15) is 11.5 Å². The summed E-state index contributed by atoms with van der Waals surface area (Å²) < 4.78 is 10.4. The monoisotopic (exact) mass is 364 g/mol. The van der Waals surface area contributed by atoms with E-state index in [0.29, 0.717) is 23.7 Å². The number of hydrogen-bond acceptors (Lipinski definition) is 5. The predicted octanol–water partition coefficient (Wildman–Crippen LogP) is 3.48. The summed E-state index contributed by atoms with van der Waals surface area (Å²) in [7, 11) is 3.11. The summed E-state index contributed by atoms with van der Waals surface area (Å²) in [4.78, 5) is 20.6. The van der Waals surface area contributed by atoms with E-state index in [2.05, 4.69) is 20.6 Å². The minimum atomic E-state index is -0.333. The van der Waals surface area contributed by atoms with Crippen molar-refractivity contribution >= 4 is 11.7 Å². The van der Waals surface area contributed by atoms with Crippen molar-refractivity contribution < 1.29 is 14.3 Å². The molecule has 2 heterocycles. The van der Waals surface area contributed by atoms with Gasteiger partial charge in [-0.3, -0.25) is 9.97 Å². The molecule has 0 aliphatic carbocycles. The van der Waals surface area contributed by atoms with Crippen molar-refractivity contribution in [2.75, 3.05) is 19.5 Å². The molecular formula is C20H20N4O3. The SMILES string of the molecule is COc1ccc(NC(=O)NCc2ccnc(-c3ccncc3)c2)c(OC)c1. The Hall–Kier alpha value is -3.61. The molecule has 27 heavy (non-hydrogen) atoms. The maximum Gasteiger partial charge on any atom is 0.319 e. The molecule has 0 fully saturated rings. The van der Waals surface area contributed by atoms with E-state index < -0.39 is 0 Å². The van der Waals surface area contributed by atoms with Crippen molar-refractivity contribution in [2.45, 2.75) is 6.54 Å². The maximum absolute atomic E-state index is 12.2. The second kappa shape index (κ2) is 8.66. The summed E-state index contributed by atoms with van der Waals surface area (Å²) in [5, 5.41) is 5.60. The predicted molar refractivity (Wildman–Crippen MR) is 103 cm³/mol. The fourth-order valence-electron chi connectivity index (χ4n) is 2.52. The van der Waals surface area contributed by atoms with Crippen LogP contribution < -0.4 is 20.1 Å². The van der Waals surface area contributed by atoms with Crippen LogP contribution in [0.25, 0.3) is 11.3 Å². The Morgan fingerprint density at radius 1 is 1.00 bits per heavy atom. The van der Waals surface area contributed by atoms with Crippen LogP contribution in [0.2, 0.25) is 0 Å². The van der Waals surface area contributed by atoms with Crippen molar-refractivity contribution in [3.8, 4) is 22.8 Å². The van der Waals surface area contributed by atoms with Gasteiger partial charge in [-0.1, -0.05) is 0 Å². The molecule has 3 rings (SSSR count). The third kappa shape index (κ3) is 4.72. The van der Waals surface area contributed by atoms with Gasteiger partial charge in [-0.2, -0.15) is 0 Å². The van der Waals surface area contributed by atoms with Crippen LogP contribution in [0.1, 0.15) is 5.56 Å². The highest BCUT2D eigenvalue weighted by Crippen LogP contribution is 2.28. The molecule has 7 nitrogen and oxygen atoms in total. The van der Waals surface area contributed by atoms with Gasteiger partial charge in [-0.25, -0.2) is 4.79 Å². The number of rotatable bonds is 6. The molecule has 3 aromatic rings. The summed E-state index contributed by atoms with van der Waals surface area (Å²) in [6, 6.07) is 12.4. The normalized spacial score (nSPS) is 10.1. The first-order valence-corrected chi connectivity index (χ1v) is 8.32. The van der Waals surface area contributed by atoms with Gasteiger partial charge in [-0.15, -0.1) is 0 Å². The first-order chi connectivity index (χ1) is 13.2. The van der Waals surface area contributed by atoms with Gasteiger partial charge in [0.15, 0.2) is 0 Å². The number of nitrogens with one attached hydrogen (secondary N) is 2. The first-order valence-electron chi connectivity index (χ1n) is 8.32. The quantitative estimate of drug-likeness (QED) is 0.699. The number of anilines is 1. The summed E-state index contributed by atoms with van der Waals surface area (Å²) in [5.41, 5.74) is 3.30. The number of amides is 2. The van der Waals surface area contributed by atoms with Gasteiger partial charge < -0.3 is 20.1 Å². The fraction of sp³-hybridized carbons (Fsp3) is 0.150. The molecule has 1 aromatic carbocycles. The van der Waals surface area contributed by atoms with Gasteiger partial charge in [-0.05, 0) is 42.0 Å². The highest BCUT2D eigenvalue weighted by Gasteiger charge is 2.09. The average molecular weight is 364 g/mol. The number of methoxy groups -OCH3 is 2. The van der Waals surface area contributed by atoms with Gasteiger partial charge in [0.05, 0.1) is 25.6 Å². The Bertz CT molecular complexity index is 916. The standard InChI is InChI=1S/C20H20N4O3/c1-26-16-3-4-17(19(12-16)27-2)24-20(25)23-13-14-5-10-22-18(11-14)15-6-8-21-9-7-15/h3-12H,13H2,1-2H3,(H2,23,24,25). The molecule has 0 radical (unpaired) electrons. The number of aromatic nitrogens is 2. The molecule has 0 aliphatic heterocycles. The molecule has 0 unspecified atom stereocenters. The number of carbonyl (C=O) groups is 1. The Morgan fingerprint density at radius 2 is 1.81 bits per heavy atom. The van der Waals surface area contributed by atoms with Crippen molar-refractivity contribution in [3.63, 3.8) is 0 Å². The van der Waals surface area contributed by atoms with E-state index in [1.807, 2.05) is 24.3 Å². The lowest BCUT2D eigenvalue weighted by atomic mass is 10.1. The smallest absolute Gasteiger partial charge is 0.319 e. The Kier molecular flexibility index (Phi) is 5.84. The third-order valence-corrected chi connectivity index (χ3v) is 3.91. The first kappa shape index (κ1) is 18.2. The number of nitrogens with zero attached hydrogens (tertiary/aromatic N) is 2. The van der Waals surface area contributed by atoms with Crippen LogP contribution >= 0.6 is 0 Å². The zero-order chi connectivity index (χ0) is 19.1. The third-order valence-electron chi connectivity index (χ3n) is 3.91. The Labute approximate surface area is 157 Å². The van der Waals surface area contributed by atoms with Crippen LogP contribution in [-0.2, 0) is 6.54 Å². The zero-order valence-corrected chi connectivity index (χ0v) is 15.1. The lowest BCUT2D eigenvalue weighted by Crippen LogP contribution is -2.28. The second-order valence-electron chi connectivity index (χ2n) is 5.66. The Morgan fingerprint density at radius 3 is 2.56 bits per heavy atom. The van der Waals surface area contributed by atoms with Crippen LogP contribution in [0.15, 0.2) is 61.1 Å². The lowest BCUT2D eigenvalue weighted by Gasteiger charge is -2.12. The molecule has 2 aromatic heterocycles. The highest BCUT2D eigenvalue weighted by molar-refractivity contribution is 5.91. The summed E-state index contributed by atoms with van der Waals surface area (Å²) in [6.45, 7) is 0.366. The van der Waals surface area contributed by atoms with Crippen LogP contribution in [0, 0.1) is 0 Å². The topological polar surface area (TPSA) is 85.4 Å². The summed E-state index contributed by atoms with van der Waals surface area (Å²) >= 11 is 0. The van der Waals surface area contributed by atoms with E-state index in [1.165, 1.54) is 7.11 Å². The molecule has 0 bridgehead atoms. The van der Waals surface area contributed by atoms with Crippen LogP contribution in [0.3, 0.4) is 0 Å². The molecule has 0 spiro atoms. The molecule has 138 valence electrons. The lowest BCUT2D eigenvalue weighted by molar-refractivity contribution is 0.251. The zero-order valence-electron chi connectivity index (χ0n) is 15.1. The van der Waals surface area contributed by atoms with E-state index in [1.54, 1.807) is 43.9 Å². The molecule has 2 N–H and O–H groups in total. The Balaban J connectivity index is 1.63. The minimum Gasteiger partial charge on any atom is -0.497 e. The van der Waals surface area contributed by atoms with Crippen LogP contribution in [-0.4, -0.2) is 30.2 Å². The van der Waals surface area contributed by atoms with E-state index in [0.717, 1.165) is 16.8 Å². The number of pyridine rings is 2. The van der Waals surface area contributed by atoms with E-state index in [9.17, 15) is 4.79 Å². The van der Waals surface area contributed by atoms with Gasteiger partial charge in [0, 0.05) is 36.8 Å². The minimum absolute atomic E-state index is 0.333. The number of benzene rings is 1. The van der Waals surface area contributed by atoms with Crippen LogP contribution in [0.4, 0.5) is 10.5 Å². The molecule has 0 saturated heterocycles. The van der Waals surface area contributed by atoms with Crippen molar-refractivity contribution in [3.05, 3.63) is 66.6 Å². The molecule has 2 amide bonds. The molecular weight excluding hydrogens is 344 g/mol. The van der Waals surface area contributed by atoms with Crippen molar-refractivity contribution in [2.24, 2.45) is 0 Å². The molecule has 0 atom stereocenters. The van der Waals surface area contributed by atoms with Crippen molar-refractivity contribution in [1.82, 2.24) is 15.3 Å². The van der Waals surface area contributed by atoms with Crippen molar-refractivity contribution in [1.29, 1.82) is 0 Å². The summed E-state index contributed by atoms with van der Waals surface area (Å²) in [5.74, 6) is 1.17. The van der Waals surface area contributed by atoms with Gasteiger partial charge in [0.2, 0.25) is 0 Å². The van der Waals surface area contributed by atoms with E-state index in [4.69, 9.17) is 9.47 Å². The highest BCUT2D eigenvalue weighted by atomic mass is 16.5. The summed E-state index contributed by atoms with van der Waals surface area (Å²) in [6.07, 6.45) is 5.16. The average Bonchev–Trinajstić information content (AvgIpc) is 2.73.